The van der Waals surface area contributed by atoms with Gasteiger partial charge in [-0.15, -0.1) is 0 Å². The molecule has 1 aliphatic heterocycles. The first kappa shape index (κ1) is 21.5. The zero-order valence-electron chi connectivity index (χ0n) is 18.4. The van der Waals surface area contributed by atoms with Gasteiger partial charge in [0.15, 0.2) is 5.78 Å². The van der Waals surface area contributed by atoms with Crippen LogP contribution in [0, 0.1) is 23.7 Å². The fraction of sp³-hybridized carbons (Fsp3) is 0.708. The average molecular weight is 389 g/mol. The van der Waals surface area contributed by atoms with E-state index in [-0.39, 0.29) is 29.5 Å². The van der Waals surface area contributed by atoms with Crippen molar-refractivity contribution in [3.63, 3.8) is 0 Å². The number of epoxide rings is 1. The summed E-state index contributed by atoms with van der Waals surface area (Å²) in [6.45, 7) is 11.8. The van der Waals surface area contributed by atoms with Crippen LogP contribution < -0.4 is 0 Å². The fourth-order valence-electron chi connectivity index (χ4n) is 5.83. The number of aliphatic hydroxyl groups is 1. The molecule has 2 saturated carbocycles. The molecule has 156 valence electrons. The second-order valence-corrected chi connectivity index (χ2v) is 9.45. The lowest BCUT2D eigenvalue weighted by atomic mass is 9.54. The second kappa shape index (κ2) is 7.55. The summed E-state index contributed by atoms with van der Waals surface area (Å²) >= 11 is 0. The van der Waals surface area contributed by atoms with Crippen molar-refractivity contribution in [2.45, 2.75) is 77.8 Å². The van der Waals surface area contributed by atoms with Gasteiger partial charge < -0.3 is 14.6 Å². The minimum Gasteiger partial charge on any atom is -0.387 e. The van der Waals surface area contributed by atoms with E-state index in [1.54, 1.807) is 14.0 Å². The van der Waals surface area contributed by atoms with Crippen LogP contribution in [0.5, 0.6) is 0 Å². The van der Waals surface area contributed by atoms with Crippen molar-refractivity contribution in [3.8, 4) is 0 Å². The largest absolute Gasteiger partial charge is 0.387 e. The van der Waals surface area contributed by atoms with E-state index in [2.05, 4.69) is 32.9 Å². The Hall–Kier alpha value is -1.23. The third-order valence-electron chi connectivity index (χ3n) is 7.62. The predicted molar refractivity (Wildman–Crippen MR) is 111 cm³/mol. The van der Waals surface area contributed by atoms with Crippen molar-refractivity contribution in [3.05, 3.63) is 35.5 Å². The Morgan fingerprint density at radius 3 is 2.46 bits per heavy atom. The minimum atomic E-state index is -0.829. The third kappa shape index (κ3) is 3.55. The SMILES string of the molecule is C/C=C(\C)C1C(/C=C/C=C(\C)C(C)=O)C2CC(OC)C(C)(O)CC2C2OC21C. The van der Waals surface area contributed by atoms with Gasteiger partial charge in [0.25, 0.3) is 0 Å². The molecule has 2 aliphatic carbocycles. The number of allylic oxidation sites excluding steroid dienone is 5. The molecule has 1 N–H and O–H groups in total. The Bertz CT molecular complexity index is 716. The number of ketones is 1. The van der Waals surface area contributed by atoms with Gasteiger partial charge in [0.05, 0.1) is 23.4 Å². The van der Waals surface area contributed by atoms with Crippen LogP contribution in [-0.2, 0) is 14.3 Å². The van der Waals surface area contributed by atoms with E-state index in [1.165, 1.54) is 5.57 Å². The topological polar surface area (TPSA) is 59.1 Å². The lowest BCUT2D eigenvalue weighted by molar-refractivity contribution is -0.145. The van der Waals surface area contributed by atoms with Crippen LogP contribution in [0.15, 0.2) is 35.5 Å². The number of hydrogen-bond acceptors (Lipinski definition) is 4. The molecule has 8 atom stereocenters. The van der Waals surface area contributed by atoms with Crippen molar-refractivity contribution in [2.75, 3.05) is 7.11 Å². The Morgan fingerprint density at radius 2 is 1.89 bits per heavy atom. The molecule has 1 heterocycles. The standard InChI is InChI=1S/C24H36O4/c1-8-14(2)21-17(11-9-10-15(3)16(4)25)18-12-20(27-7)23(5,26)13-19(18)22-24(21,6)28-22/h8-11,17-22,26H,12-13H2,1-7H3/b11-9+,14-8+,15-10+. The van der Waals surface area contributed by atoms with Gasteiger partial charge in [-0.2, -0.15) is 0 Å². The molecule has 0 amide bonds. The maximum atomic E-state index is 11.6. The van der Waals surface area contributed by atoms with Gasteiger partial charge >= 0.3 is 0 Å². The van der Waals surface area contributed by atoms with Gasteiger partial charge in [0.2, 0.25) is 0 Å². The van der Waals surface area contributed by atoms with Crippen molar-refractivity contribution in [2.24, 2.45) is 23.7 Å². The Labute approximate surface area is 169 Å². The van der Waals surface area contributed by atoms with Gasteiger partial charge in [-0.05, 0) is 77.7 Å². The van der Waals surface area contributed by atoms with E-state index in [1.807, 2.05) is 26.0 Å². The smallest absolute Gasteiger partial charge is 0.155 e. The molecule has 3 rings (SSSR count). The second-order valence-electron chi connectivity index (χ2n) is 9.45. The number of fused-ring (bicyclic) bond motifs is 3. The molecule has 3 aliphatic rings. The van der Waals surface area contributed by atoms with E-state index in [4.69, 9.17) is 9.47 Å². The molecule has 0 aromatic rings. The molecular weight excluding hydrogens is 352 g/mol. The summed E-state index contributed by atoms with van der Waals surface area (Å²) in [5, 5.41) is 11.0. The van der Waals surface area contributed by atoms with Crippen LogP contribution in [-0.4, -0.2) is 41.4 Å². The van der Waals surface area contributed by atoms with E-state index >= 15 is 0 Å². The predicted octanol–water partition coefficient (Wildman–Crippen LogP) is 4.24. The molecule has 8 unspecified atom stereocenters. The summed E-state index contributed by atoms with van der Waals surface area (Å²) in [7, 11) is 1.69. The number of ether oxygens (including phenoxy) is 2. The van der Waals surface area contributed by atoms with Crippen LogP contribution in [0.3, 0.4) is 0 Å². The van der Waals surface area contributed by atoms with Crippen molar-refractivity contribution in [1.29, 1.82) is 0 Å². The first-order chi connectivity index (χ1) is 13.1. The number of hydrogen-bond donors (Lipinski definition) is 1. The van der Waals surface area contributed by atoms with Gasteiger partial charge in [-0.3, -0.25) is 4.79 Å². The molecule has 4 heteroatoms. The Balaban J connectivity index is 1.99. The molecule has 4 nitrogen and oxygen atoms in total. The summed E-state index contributed by atoms with van der Waals surface area (Å²) in [5.74, 6) is 1.38. The third-order valence-corrected chi connectivity index (χ3v) is 7.62. The maximum absolute atomic E-state index is 11.6. The lowest BCUT2D eigenvalue weighted by Gasteiger charge is -2.51. The highest BCUT2D eigenvalue weighted by Gasteiger charge is 2.70. The monoisotopic (exact) mass is 388 g/mol. The van der Waals surface area contributed by atoms with E-state index in [0.29, 0.717) is 24.2 Å². The Morgan fingerprint density at radius 1 is 1.21 bits per heavy atom. The van der Waals surface area contributed by atoms with E-state index in [9.17, 15) is 9.90 Å². The molecule has 0 aromatic carbocycles. The normalized spacial score (nSPS) is 46.3. The van der Waals surface area contributed by atoms with Gasteiger partial charge in [0, 0.05) is 13.0 Å². The number of carbonyl (C=O) groups excluding carboxylic acids is 1. The molecule has 0 aromatic heterocycles. The van der Waals surface area contributed by atoms with E-state index in [0.717, 1.165) is 12.0 Å². The van der Waals surface area contributed by atoms with Crippen LogP contribution in [0.2, 0.25) is 0 Å². The molecule has 3 fully saturated rings. The van der Waals surface area contributed by atoms with Crippen molar-refractivity contribution < 1.29 is 19.4 Å². The lowest BCUT2D eigenvalue weighted by Crippen LogP contribution is -2.56. The first-order valence-electron chi connectivity index (χ1n) is 10.5. The summed E-state index contributed by atoms with van der Waals surface area (Å²) in [6.07, 6.45) is 9.95. The number of carbonyl (C=O) groups is 1. The molecule has 1 saturated heterocycles. The van der Waals surface area contributed by atoms with Crippen LogP contribution in [0.4, 0.5) is 0 Å². The fourth-order valence-corrected chi connectivity index (χ4v) is 5.83. The van der Waals surface area contributed by atoms with Crippen LogP contribution in [0.1, 0.15) is 54.4 Å². The molecule has 0 spiro atoms. The zero-order valence-corrected chi connectivity index (χ0v) is 18.4. The van der Waals surface area contributed by atoms with Crippen LogP contribution >= 0.6 is 0 Å². The number of methoxy groups -OCH3 is 1. The van der Waals surface area contributed by atoms with E-state index < -0.39 is 5.60 Å². The summed E-state index contributed by atoms with van der Waals surface area (Å²) in [6, 6.07) is 0. The van der Waals surface area contributed by atoms with Crippen molar-refractivity contribution >= 4 is 5.78 Å². The minimum absolute atomic E-state index is 0.0954. The molecule has 28 heavy (non-hydrogen) atoms. The highest BCUT2D eigenvalue weighted by molar-refractivity contribution is 5.92. The number of Topliss-reactive ketones (excluding diaryl/α,β-unsaturated/α-hetero) is 1. The zero-order chi connectivity index (χ0) is 20.9. The molecule has 0 radical (unpaired) electrons. The molecular formula is C24H36O4. The van der Waals surface area contributed by atoms with Gasteiger partial charge in [-0.25, -0.2) is 0 Å². The maximum Gasteiger partial charge on any atom is 0.155 e. The quantitative estimate of drug-likeness (QED) is 0.331. The summed E-state index contributed by atoms with van der Waals surface area (Å²) < 4.78 is 12.0. The molecule has 0 bridgehead atoms. The Kier molecular flexibility index (Phi) is 5.79. The number of rotatable bonds is 5. The summed E-state index contributed by atoms with van der Waals surface area (Å²) in [4.78, 5) is 11.6. The van der Waals surface area contributed by atoms with Gasteiger partial charge in [0.1, 0.15) is 0 Å². The summed E-state index contributed by atoms with van der Waals surface area (Å²) in [5.41, 5.74) is 1.10. The average Bonchev–Trinajstić information content (AvgIpc) is 3.32. The van der Waals surface area contributed by atoms with Crippen LogP contribution in [0.25, 0.3) is 0 Å². The highest BCUT2D eigenvalue weighted by Crippen LogP contribution is 2.64. The first-order valence-corrected chi connectivity index (χ1v) is 10.5. The van der Waals surface area contributed by atoms with Crippen molar-refractivity contribution in [1.82, 2.24) is 0 Å². The van der Waals surface area contributed by atoms with Gasteiger partial charge in [-0.1, -0.05) is 29.9 Å². The highest BCUT2D eigenvalue weighted by atomic mass is 16.6.